The third kappa shape index (κ3) is 3.89. The van der Waals surface area contributed by atoms with Crippen LogP contribution >= 0.6 is 0 Å². The van der Waals surface area contributed by atoms with Gasteiger partial charge in [-0.15, -0.1) is 0 Å². The summed E-state index contributed by atoms with van der Waals surface area (Å²) >= 11 is 0. The number of amides is 1. The van der Waals surface area contributed by atoms with Crippen LogP contribution in [0.4, 0.5) is 0 Å². The normalized spacial score (nSPS) is 23.1. The molecule has 154 valence electrons. The Labute approximate surface area is 166 Å². The lowest BCUT2D eigenvalue weighted by Gasteiger charge is -2.47. The number of phenolic OH excluding ortho intramolecular Hbond substituents is 1. The van der Waals surface area contributed by atoms with E-state index in [1.807, 2.05) is 18.2 Å². The quantitative estimate of drug-likeness (QED) is 0.543. The first-order valence-corrected chi connectivity index (χ1v) is 9.83. The second-order valence-corrected chi connectivity index (χ2v) is 9.25. The van der Waals surface area contributed by atoms with Gasteiger partial charge < -0.3 is 14.9 Å². The van der Waals surface area contributed by atoms with Crippen molar-refractivity contribution in [2.24, 2.45) is 5.92 Å². The molecular formula is C22H31NO5. The topological polar surface area (TPSA) is 88.0 Å². The Kier molecular flexibility index (Phi) is 5.47. The summed E-state index contributed by atoms with van der Waals surface area (Å²) in [7, 11) is 0. The van der Waals surface area contributed by atoms with Gasteiger partial charge >= 0.3 is 0 Å². The largest absolute Gasteiger partial charge is 0.508 e. The average molecular weight is 389 g/mol. The van der Waals surface area contributed by atoms with E-state index in [-0.39, 0.29) is 42.1 Å². The van der Waals surface area contributed by atoms with Gasteiger partial charge in [0.15, 0.2) is 0 Å². The third-order valence-corrected chi connectivity index (χ3v) is 5.82. The molecule has 6 heteroatoms. The highest BCUT2D eigenvalue weighted by Crippen LogP contribution is 2.54. The van der Waals surface area contributed by atoms with Gasteiger partial charge in [-0.25, -0.2) is 5.48 Å². The molecule has 1 aliphatic heterocycles. The Morgan fingerprint density at radius 1 is 1.36 bits per heavy atom. The summed E-state index contributed by atoms with van der Waals surface area (Å²) in [6.07, 6.45) is 3.11. The van der Waals surface area contributed by atoms with Crippen molar-refractivity contribution in [2.75, 3.05) is 13.2 Å². The predicted molar refractivity (Wildman–Crippen MR) is 106 cm³/mol. The fourth-order valence-corrected chi connectivity index (χ4v) is 4.24. The van der Waals surface area contributed by atoms with E-state index in [1.54, 1.807) is 0 Å². The Morgan fingerprint density at radius 2 is 2.07 bits per heavy atom. The molecule has 28 heavy (non-hydrogen) atoms. The molecule has 3 N–H and O–H groups in total. The van der Waals surface area contributed by atoms with Crippen molar-refractivity contribution >= 4 is 5.91 Å². The van der Waals surface area contributed by atoms with Crippen molar-refractivity contribution in [3.05, 3.63) is 34.9 Å². The number of hydroxylamine groups is 1. The summed E-state index contributed by atoms with van der Waals surface area (Å²) < 4.78 is 6.34. The summed E-state index contributed by atoms with van der Waals surface area (Å²) in [6.45, 7) is 10.3. The SMILES string of the molecule is CC(C)(C)c1cc(O)c2c(c1)OC(C)(C)[C@@H]1CC=C(C(=O)NOCCO)C[C@@H]21. The molecule has 1 aromatic carbocycles. The van der Waals surface area contributed by atoms with Crippen molar-refractivity contribution in [1.82, 2.24) is 5.48 Å². The molecule has 0 aromatic heterocycles. The zero-order valence-electron chi connectivity index (χ0n) is 17.3. The van der Waals surface area contributed by atoms with E-state index in [1.165, 1.54) is 0 Å². The number of ether oxygens (including phenoxy) is 1. The van der Waals surface area contributed by atoms with E-state index < -0.39 is 5.60 Å². The smallest absolute Gasteiger partial charge is 0.270 e. The number of hydrogen-bond acceptors (Lipinski definition) is 5. The molecule has 3 rings (SSSR count). The first kappa shape index (κ1) is 20.7. The molecule has 6 nitrogen and oxygen atoms in total. The van der Waals surface area contributed by atoms with Gasteiger partial charge in [0.1, 0.15) is 17.1 Å². The van der Waals surface area contributed by atoms with Gasteiger partial charge in [0.05, 0.1) is 13.2 Å². The molecule has 0 bridgehead atoms. The number of allylic oxidation sites excluding steroid dienone is 1. The van der Waals surface area contributed by atoms with Crippen molar-refractivity contribution in [2.45, 2.75) is 64.4 Å². The van der Waals surface area contributed by atoms with E-state index in [0.717, 1.165) is 11.1 Å². The van der Waals surface area contributed by atoms with Crippen LogP contribution in [0.15, 0.2) is 23.8 Å². The molecule has 0 saturated carbocycles. The van der Waals surface area contributed by atoms with Crippen LogP contribution in [-0.4, -0.2) is 34.9 Å². The van der Waals surface area contributed by atoms with Crippen LogP contribution in [0.5, 0.6) is 11.5 Å². The molecule has 0 spiro atoms. The average Bonchev–Trinajstić information content (AvgIpc) is 2.59. The fourth-order valence-electron chi connectivity index (χ4n) is 4.24. The maximum Gasteiger partial charge on any atom is 0.270 e. The number of aliphatic hydroxyl groups excluding tert-OH is 1. The molecule has 1 aromatic rings. The number of carbonyl (C=O) groups is 1. The van der Waals surface area contributed by atoms with Gasteiger partial charge in [-0.1, -0.05) is 26.8 Å². The minimum atomic E-state index is -0.410. The predicted octanol–water partition coefficient (Wildman–Crippen LogP) is 3.32. The number of hydrogen-bond donors (Lipinski definition) is 3. The van der Waals surface area contributed by atoms with Gasteiger partial charge in [-0.3, -0.25) is 9.63 Å². The zero-order chi connectivity index (χ0) is 20.7. The molecule has 1 heterocycles. The van der Waals surface area contributed by atoms with E-state index in [4.69, 9.17) is 14.7 Å². The molecular weight excluding hydrogens is 358 g/mol. The maximum absolute atomic E-state index is 12.4. The van der Waals surface area contributed by atoms with Crippen molar-refractivity contribution in [3.63, 3.8) is 0 Å². The lowest BCUT2D eigenvalue weighted by Crippen LogP contribution is -2.46. The summed E-state index contributed by atoms with van der Waals surface area (Å²) in [5, 5.41) is 19.6. The van der Waals surface area contributed by atoms with Gasteiger partial charge in [-0.05, 0) is 49.8 Å². The first-order valence-electron chi connectivity index (χ1n) is 9.83. The number of aliphatic hydroxyl groups is 1. The lowest BCUT2D eigenvalue weighted by atomic mass is 9.66. The number of carbonyl (C=O) groups excluding carboxylic acids is 1. The minimum absolute atomic E-state index is 0.0173. The second kappa shape index (κ2) is 7.41. The maximum atomic E-state index is 12.4. The molecule has 2 atom stereocenters. The van der Waals surface area contributed by atoms with Gasteiger partial charge in [-0.2, -0.15) is 0 Å². The molecule has 0 unspecified atom stereocenters. The summed E-state index contributed by atoms with van der Waals surface area (Å²) in [6, 6.07) is 3.84. The van der Waals surface area contributed by atoms with Gasteiger partial charge in [0.25, 0.3) is 5.91 Å². The van der Waals surface area contributed by atoms with Crippen molar-refractivity contribution < 1.29 is 24.6 Å². The molecule has 0 radical (unpaired) electrons. The van der Waals surface area contributed by atoms with E-state index in [2.05, 4.69) is 40.1 Å². The minimum Gasteiger partial charge on any atom is -0.508 e. The summed E-state index contributed by atoms with van der Waals surface area (Å²) in [4.78, 5) is 17.4. The summed E-state index contributed by atoms with van der Waals surface area (Å²) in [5.74, 6) is 0.765. The van der Waals surface area contributed by atoms with E-state index in [9.17, 15) is 9.90 Å². The van der Waals surface area contributed by atoms with Crippen LogP contribution in [0, 0.1) is 5.92 Å². The highest BCUT2D eigenvalue weighted by atomic mass is 16.7. The number of aromatic hydroxyl groups is 1. The third-order valence-electron chi connectivity index (χ3n) is 5.82. The van der Waals surface area contributed by atoms with Crippen molar-refractivity contribution in [3.8, 4) is 11.5 Å². The zero-order valence-corrected chi connectivity index (χ0v) is 17.3. The lowest BCUT2D eigenvalue weighted by molar-refractivity contribution is -0.130. The number of benzene rings is 1. The molecule has 0 fully saturated rings. The Balaban J connectivity index is 1.95. The van der Waals surface area contributed by atoms with Crippen LogP contribution < -0.4 is 10.2 Å². The molecule has 0 saturated heterocycles. The molecule has 1 aliphatic carbocycles. The number of rotatable bonds is 4. The number of nitrogens with one attached hydrogen (secondary N) is 1. The monoisotopic (exact) mass is 389 g/mol. The van der Waals surface area contributed by atoms with Crippen molar-refractivity contribution in [1.29, 1.82) is 0 Å². The number of phenols is 1. The Hall–Kier alpha value is -2.05. The van der Waals surface area contributed by atoms with Gasteiger partial charge in [0.2, 0.25) is 0 Å². The van der Waals surface area contributed by atoms with Crippen LogP contribution in [0.1, 0.15) is 64.5 Å². The fraction of sp³-hybridized carbons (Fsp3) is 0.591. The standard InChI is InChI=1S/C22H31NO5/c1-21(2,3)14-11-17(25)19-15-10-13(20(26)23-27-9-8-24)6-7-16(15)22(4,5)28-18(19)12-14/h6,11-12,15-16,24-25H,7-10H2,1-5H3,(H,23,26)/t15-,16-/m1/s1. The Morgan fingerprint density at radius 3 is 2.71 bits per heavy atom. The summed E-state index contributed by atoms with van der Waals surface area (Å²) in [5.41, 5.74) is 4.28. The number of fused-ring (bicyclic) bond motifs is 3. The van der Waals surface area contributed by atoms with E-state index >= 15 is 0 Å². The van der Waals surface area contributed by atoms with Crippen LogP contribution in [0.2, 0.25) is 0 Å². The molecule has 1 amide bonds. The van der Waals surface area contributed by atoms with Gasteiger partial charge in [0, 0.05) is 23.0 Å². The highest BCUT2D eigenvalue weighted by molar-refractivity contribution is 5.93. The molecule has 2 aliphatic rings. The van der Waals surface area contributed by atoms with E-state index in [0.29, 0.717) is 24.2 Å². The highest BCUT2D eigenvalue weighted by Gasteiger charge is 2.47. The van der Waals surface area contributed by atoms with Crippen LogP contribution in [0.25, 0.3) is 0 Å². The second-order valence-electron chi connectivity index (χ2n) is 9.25. The first-order chi connectivity index (χ1) is 13.0. The van der Waals surface area contributed by atoms with Crippen LogP contribution in [0.3, 0.4) is 0 Å². The van der Waals surface area contributed by atoms with Crippen LogP contribution in [-0.2, 0) is 15.0 Å². The Bertz CT molecular complexity index is 791.